The summed E-state index contributed by atoms with van der Waals surface area (Å²) in [6, 6.07) is 9.29. The molecule has 1 N–H and O–H groups in total. The summed E-state index contributed by atoms with van der Waals surface area (Å²) < 4.78 is 10.6. The summed E-state index contributed by atoms with van der Waals surface area (Å²) >= 11 is 1.67. The normalized spacial score (nSPS) is 15.6. The number of carbonyl (C=O) groups excluding carboxylic acids is 1. The second kappa shape index (κ2) is 7.98. The standard InChI is InChI=1S/C21H21N3O3S/c1-26-15-4-6-18(27-2)17(12-15)23-20(25)14-3-5-16-19(11-14)28-21(24-16)13-7-9-22-10-8-13/h4,6-10,12,14H,3,5,11H2,1-2H3,(H,23,25). The number of amides is 1. The van der Waals surface area contributed by atoms with Crippen molar-refractivity contribution in [3.63, 3.8) is 0 Å². The molecule has 0 bridgehead atoms. The lowest BCUT2D eigenvalue weighted by Gasteiger charge is -2.21. The number of nitrogens with one attached hydrogen (secondary N) is 1. The molecule has 2 aromatic heterocycles. The summed E-state index contributed by atoms with van der Waals surface area (Å²) in [7, 11) is 3.18. The van der Waals surface area contributed by atoms with E-state index in [-0.39, 0.29) is 11.8 Å². The van der Waals surface area contributed by atoms with Gasteiger partial charge in [0.25, 0.3) is 0 Å². The zero-order chi connectivity index (χ0) is 19.5. The minimum absolute atomic E-state index is 0.00364. The van der Waals surface area contributed by atoms with Crippen LogP contribution in [0.25, 0.3) is 10.6 Å². The van der Waals surface area contributed by atoms with Crippen LogP contribution in [0.3, 0.4) is 0 Å². The number of aryl methyl sites for hydroxylation is 1. The zero-order valence-electron chi connectivity index (χ0n) is 15.8. The molecule has 1 aliphatic rings. The topological polar surface area (TPSA) is 73.3 Å². The van der Waals surface area contributed by atoms with E-state index in [1.165, 1.54) is 4.88 Å². The first-order valence-electron chi connectivity index (χ1n) is 9.10. The van der Waals surface area contributed by atoms with Crippen LogP contribution in [0.4, 0.5) is 5.69 Å². The molecular weight excluding hydrogens is 374 g/mol. The van der Waals surface area contributed by atoms with Crippen molar-refractivity contribution in [1.82, 2.24) is 9.97 Å². The van der Waals surface area contributed by atoms with Crippen LogP contribution in [0.1, 0.15) is 17.0 Å². The van der Waals surface area contributed by atoms with Crippen LogP contribution in [0.15, 0.2) is 42.7 Å². The third-order valence-electron chi connectivity index (χ3n) is 4.90. The number of anilines is 1. The first kappa shape index (κ1) is 18.4. The third-order valence-corrected chi connectivity index (χ3v) is 6.07. The second-order valence-corrected chi connectivity index (χ2v) is 7.70. The smallest absolute Gasteiger partial charge is 0.227 e. The Kier molecular flexibility index (Phi) is 5.25. The molecule has 0 saturated heterocycles. The van der Waals surface area contributed by atoms with E-state index in [9.17, 15) is 4.79 Å². The van der Waals surface area contributed by atoms with Gasteiger partial charge in [0.2, 0.25) is 5.91 Å². The maximum absolute atomic E-state index is 12.9. The lowest BCUT2D eigenvalue weighted by atomic mass is 9.90. The largest absolute Gasteiger partial charge is 0.497 e. The number of carbonyl (C=O) groups is 1. The molecule has 0 fully saturated rings. The van der Waals surface area contributed by atoms with Gasteiger partial charge in [-0.3, -0.25) is 9.78 Å². The highest BCUT2D eigenvalue weighted by atomic mass is 32.1. The number of pyridine rings is 1. The highest BCUT2D eigenvalue weighted by molar-refractivity contribution is 7.15. The molecule has 6 nitrogen and oxygen atoms in total. The van der Waals surface area contributed by atoms with Gasteiger partial charge in [0.05, 0.1) is 25.6 Å². The number of benzene rings is 1. The molecule has 4 rings (SSSR count). The molecule has 28 heavy (non-hydrogen) atoms. The predicted octanol–water partition coefficient (Wildman–Crippen LogP) is 3.97. The molecule has 0 radical (unpaired) electrons. The van der Waals surface area contributed by atoms with Gasteiger partial charge in [0, 0.05) is 34.8 Å². The van der Waals surface area contributed by atoms with Crippen molar-refractivity contribution in [2.45, 2.75) is 19.3 Å². The molecule has 3 aromatic rings. The zero-order valence-corrected chi connectivity index (χ0v) is 16.6. The van der Waals surface area contributed by atoms with Crippen LogP contribution >= 0.6 is 11.3 Å². The molecule has 1 aliphatic carbocycles. The van der Waals surface area contributed by atoms with E-state index in [4.69, 9.17) is 14.5 Å². The Labute approximate surface area is 167 Å². The van der Waals surface area contributed by atoms with E-state index in [0.717, 1.165) is 29.1 Å². The van der Waals surface area contributed by atoms with Crippen molar-refractivity contribution < 1.29 is 14.3 Å². The Morgan fingerprint density at radius 2 is 2.00 bits per heavy atom. The van der Waals surface area contributed by atoms with E-state index in [1.54, 1.807) is 56.1 Å². The summed E-state index contributed by atoms with van der Waals surface area (Å²) in [5.74, 6) is 1.19. The van der Waals surface area contributed by atoms with Gasteiger partial charge < -0.3 is 14.8 Å². The van der Waals surface area contributed by atoms with Crippen LogP contribution < -0.4 is 14.8 Å². The summed E-state index contributed by atoms with van der Waals surface area (Å²) in [4.78, 5) is 22.9. The Morgan fingerprint density at radius 1 is 1.18 bits per heavy atom. The lowest BCUT2D eigenvalue weighted by molar-refractivity contribution is -0.120. The van der Waals surface area contributed by atoms with Gasteiger partial charge in [0.1, 0.15) is 16.5 Å². The SMILES string of the molecule is COc1ccc(OC)c(NC(=O)C2CCc3nc(-c4ccncc4)sc3C2)c1. The van der Waals surface area contributed by atoms with E-state index in [0.29, 0.717) is 23.6 Å². The predicted molar refractivity (Wildman–Crippen MR) is 109 cm³/mol. The Balaban J connectivity index is 1.50. The summed E-state index contributed by atoms with van der Waals surface area (Å²) in [5, 5.41) is 4.00. The van der Waals surface area contributed by atoms with Crippen LogP contribution in [0.2, 0.25) is 0 Å². The first-order chi connectivity index (χ1) is 13.7. The summed E-state index contributed by atoms with van der Waals surface area (Å²) in [6.45, 7) is 0. The monoisotopic (exact) mass is 395 g/mol. The molecule has 7 heteroatoms. The molecule has 1 atom stereocenters. The minimum atomic E-state index is -0.0888. The number of ether oxygens (including phenoxy) is 2. The quantitative estimate of drug-likeness (QED) is 0.708. The Bertz CT molecular complexity index is 988. The molecule has 1 unspecified atom stereocenters. The average molecular weight is 395 g/mol. The minimum Gasteiger partial charge on any atom is -0.497 e. The van der Waals surface area contributed by atoms with Gasteiger partial charge in [-0.05, 0) is 43.5 Å². The van der Waals surface area contributed by atoms with Crippen molar-refractivity contribution in [1.29, 1.82) is 0 Å². The fourth-order valence-electron chi connectivity index (χ4n) is 3.36. The van der Waals surface area contributed by atoms with E-state index < -0.39 is 0 Å². The fourth-order valence-corrected chi connectivity index (χ4v) is 4.56. The lowest BCUT2D eigenvalue weighted by Crippen LogP contribution is -2.27. The number of fused-ring (bicyclic) bond motifs is 1. The molecular formula is C21H21N3O3S. The molecule has 1 aromatic carbocycles. The fraction of sp³-hybridized carbons (Fsp3) is 0.286. The number of nitrogens with zero attached hydrogens (tertiary/aromatic N) is 2. The number of methoxy groups -OCH3 is 2. The van der Waals surface area contributed by atoms with Crippen molar-refractivity contribution in [3.05, 3.63) is 53.3 Å². The maximum atomic E-state index is 12.9. The maximum Gasteiger partial charge on any atom is 0.227 e. The van der Waals surface area contributed by atoms with E-state index in [1.807, 2.05) is 12.1 Å². The van der Waals surface area contributed by atoms with Crippen LogP contribution in [0.5, 0.6) is 11.5 Å². The van der Waals surface area contributed by atoms with E-state index in [2.05, 4.69) is 10.3 Å². The molecule has 0 aliphatic heterocycles. The van der Waals surface area contributed by atoms with Crippen molar-refractivity contribution in [2.24, 2.45) is 5.92 Å². The third kappa shape index (κ3) is 3.71. The van der Waals surface area contributed by atoms with Crippen molar-refractivity contribution in [2.75, 3.05) is 19.5 Å². The number of hydrogen-bond acceptors (Lipinski definition) is 6. The van der Waals surface area contributed by atoms with Gasteiger partial charge in [-0.15, -0.1) is 11.3 Å². The van der Waals surface area contributed by atoms with Crippen LogP contribution in [-0.2, 0) is 17.6 Å². The highest BCUT2D eigenvalue weighted by Crippen LogP contribution is 2.36. The van der Waals surface area contributed by atoms with Gasteiger partial charge in [-0.1, -0.05) is 0 Å². The molecule has 1 amide bonds. The van der Waals surface area contributed by atoms with Crippen LogP contribution in [-0.4, -0.2) is 30.1 Å². The molecule has 0 spiro atoms. The van der Waals surface area contributed by atoms with Crippen molar-refractivity contribution in [3.8, 4) is 22.1 Å². The Morgan fingerprint density at radius 3 is 2.75 bits per heavy atom. The molecule has 0 saturated carbocycles. The Hall–Kier alpha value is -2.93. The van der Waals surface area contributed by atoms with Crippen LogP contribution in [0, 0.1) is 5.92 Å². The number of hydrogen-bond donors (Lipinski definition) is 1. The van der Waals surface area contributed by atoms with Gasteiger partial charge >= 0.3 is 0 Å². The number of rotatable bonds is 5. The van der Waals surface area contributed by atoms with Gasteiger partial charge in [0.15, 0.2) is 0 Å². The first-order valence-corrected chi connectivity index (χ1v) is 9.91. The summed E-state index contributed by atoms with van der Waals surface area (Å²) in [5.41, 5.74) is 2.80. The number of aromatic nitrogens is 2. The summed E-state index contributed by atoms with van der Waals surface area (Å²) in [6.07, 6.45) is 5.84. The highest BCUT2D eigenvalue weighted by Gasteiger charge is 2.28. The second-order valence-electron chi connectivity index (χ2n) is 6.62. The number of thiazole rings is 1. The average Bonchev–Trinajstić information content (AvgIpc) is 3.17. The van der Waals surface area contributed by atoms with Gasteiger partial charge in [-0.2, -0.15) is 0 Å². The van der Waals surface area contributed by atoms with Crippen molar-refractivity contribution >= 4 is 22.9 Å². The molecule has 2 heterocycles. The van der Waals surface area contributed by atoms with E-state index >= 15 is 0 Å². The molecule has 144 valence electrons. The van der Waals surface area contributed by atoms with Gasteiger partial charge in [-0.25, -0.2) is 4.98 Å².